The van der Waals surface area contributed by atoms with Gasteiger partial charge in [-0.25, -0.2) is 9.78 Å². The number of nitrogens with one attached hydrogen (secondary N) is 1. The molecule has 0 aliphatic heterocycles. The topological polar surface area (TPSA) is 79.3 Å². The molecule has 0 atom stereocenters. The number of benzene rings is 1. The second-order valence-electron chi connectivity index (χ2n) is 4.01. The van der Waals surface area contributed by atoms with E-state index in [9.17, 15) is 9.59 Å². The molecular formula is C13H12N2O3S. The maximum Gasteiger partial charge on any atom is 0.337 e. The van der Waals surface area contributed by atoms with Crippen LogP contribution in [0.3, 0.4) is 0 Å². The Bertz CT molecular complexity index is 649. The molecule has 98 valence electrons. The van der Waals surface area contributed by atoms with Crippen LogP contribution in [-0.4, -0.2) is 22.0 Å². The summed E-state index contributed by atoms with van der Waals surface area (Å²) in [6, 6.07) is 4.84. The van der Waals surface area contributed by atoms with Gasteiger partial charge in [-0.3, -0.25) is 4.79 Å². The number of aromatic nitrogens is 1. The third-order valence-corrected chi connectivity index (χ3v) is 3.37. The van der Waals surface area contributed by atoms with Gasteiger partial charge >= 0.3 is 5.97 Å². The third kappa shape index (κ3) is 2.79. The van der Waals surface area contributed by atoms with Crippen LogP contribution in [0.1, 0.15) is 31.4 Å². The van der Waals surface area contributed by atoms with Gasteiger partial charge in [-0.15, -0.1) is 11.3 Å². The average Bonchev–Trinajstić information content (AvgIpc) is 2.78. The molecule has 1 amide bonds. The Morgan fingerprint density at radius 1 is 1.32 bits per heavy atom. The lowest BCUT2D eigenvalue weighted by atomic mass is 10.1. The quantitative estimate of drug-likeness (QED) is 0.903. The number of rotatable bonds is 3. The minimum absolute atomic E-state index is 0.0697. The van der Waals surface area contributed by atoms with Gasteiger partial charge < -0.3 is 10.4 Å². The first-order chi connectivity index (χ1) is 8.99. The summed E-state index contributed by atoms with van der Waals surface area (Å²) in [6.45, 7) is 3.55. The highest BCUT2D eigenvalue weighted by Crippen LogP contribution is 2.21. The van der Waals surface area contributed by atoms with Gasteiger partial charge in [-0.2, -0.15) is 0 Å². The van der Waals surface area contributed by atoms with E-state index in [2.05, 4.69) is 10.3 Å². The second kappa shape index (κ2) is 5.19. The van der Waals surface area contributed by atoms with Crippen molar-refractivity contribution in [1.29, 1.82) is 0 Å². The largest absolute Gasteiger partial charge is 0.478 e. The van der Waals surface area contributed by atoms with Gasteiger partial charge in [0.15, 0.2) is 0 Å². The molecule has 0 unspecified atom stereocenters. The number of aryl methyl sites for hydroxylation is 2. The molecule has 5 nitrogen and oxygen atoms in total. The first-order valence-corrected chi connectivity index (χ1v) is 6.43. The smallest absolute Gasteiger partial charge is 0.337 e. The molecule has 19 heavy (non-hydrogen) atoms. The van der Waals surface area contributed by atoms with E-state index in [-0.39, 0.29) is 5.56 Å². The van der Waals surface area contributed by atoms with Crippen molar-refractivity contribution >= 4 is 28.9 Å². The van der Waals surface area contributed by atoms with E-state index >= 15 is 0 Å². The van der Waals surface area contributed by atoms with Crippen molar-refractivity contribution in [3.05, 3.63) is 45.4 Å². The Morgan fingerprint density at radius 2 is 2.05 bits per heavy atom. The van der Waals surface area contributed by atoms with E-state index in [4.69, 9.17) is 5.11 Å². The van der Waals surface area contributed by atoms with Crippen LogP contribution in [0.5, 0.6) is 0 Å². The Balaban J connectivity index is 2.33. The fraction of sp³-hybridized carbons (Fsp3) is 0.154. The third-order valence-electron chi connectivity index (χ3n) is 2.59. The van der Waals surface area contributed by atoms with Crippen molar-refractivity contribution in [3.8, 4) is 0 Å². The van der Waals surface area contributed by atoms with Gasteiger partial charge in [-0.1, -0.05) is 12.1 Å². The molecule has 1 aromatic carbocycles. The van der Waals surface area contributed by atoms with Gasteiger partial charge in [0.25, 0.3) is 5.91 Å². The Labute approximate surface area is 113 Å². The SMILES string of the molecule is Cc1nc(C(=O)Nc2c(C)cccc2C(=O)O)cs1. The van der Waals surface area contributed by atoms with Crippen LogP contribution in [0, 0.1) is 13.8 Å². The molecule has 0 saturated carbocycles. The molecule has 0 saturated heterocycles. The minimum atomic E-state index is -1.08. The van der Waals surface area contributed by atoms with E-state index in [1.807, 2.05) is 0 Å². The van der Waals surface area contributed by atoms with Crippen LogP contribution in [-0.2, 0) is 0 Å². The summed E-state index contributed by atoms with van der Waals surface area (Å²) in [5, 5.41) is 14.2. The van der Waals surface area contributed by atoms with Crippen LogP contribution in [0.25, 0.3) is 0 Å². The standard InChI is InChI=1S/C13H12N2O3S/c1-7-4-3-5-9(13(17)18)11(7)15-12(16)10-6-19-8(2)14-10/h3-6H,1-2H3,(H,15,16)(H,17,18). The molecule has 0 bridgehead atoms. The van der Waals surface area contributed by atoms with Crippen LogP contribution < -0.4 is 5.32 Å². The highest BCUT2D eigenvalue weighted by atomic mass is 32.1. The fourth-order valence-electron chi connectivity index (χ4n) is 1.66. The molecule has 0 fully saturated rings. The molecule has 2 N–H and O–H groups in total. The second-order valence-corrected chi connectivity index (χ2v) is 5.07. The molecule has 6 heteroatoms. The molecular weight excluding hydrogens is 264 g/mol. The highest BCUT2D eigenvalue weighted by molar-refractivity contribution is 7.09. The monoisotopic (exact) mass is 276 g/mol. The number of nitrogens with zero attached hydrogens (tertiary/aromatic N) is 1. The van der Waals surface area contributed by atoms with E-state index in [0.29, 0.717) is 16.9 Å². The summed E-state index contributed by atoms with van der Waals surface area (Å²) in [4.78, 5) is 27.2. The number of thiazole rings is 1. The first kappa shape index (κ1) is 13.2. The van der Waals surface area contributed by atoms with Gasteiger partial charge in [0.05, 0.1) is 16.3 Å². The van der Waals surface area contributed by atoms with Crippen molar-refractivity contribution in [1.82, 2.24) is 4.98 Å². The molecule has 2 aromatic rings. The number of anilines is 1. The van der Waals surface area contributed by atoms with E-state index < -0.39 is 11.9 Å². The summed E-state index contributed by atoms with van der Waals surface area (Å²) >= 11 is 1.37. The Kier molecular flexibility index (Phi) is 3.62. The minimum Gasteiger partial charge on any atom is -0.478 e. The number of carbonyl (C=O) groups excluding carboxylic acids is 1. The summed E-state index contributed by atoms with van der Waals surface area (Å²) in [7, 11) is 0. The van der Waals surface area contributed by atoms with Crippen molar-refractivity contribution in [2.75, 3.05) is 5.32 Å². The number of carbonyl (C=O) groups is 2. The van der Waals surface area contributed by atoms with Crippen LogP contribution >= 0.6 is 11.3 Å². The van der Waals surface area contributed by atoms with E-state index in [1.165, 1.54) is 17.4 Å². The van der Waals surface area contributed by atoms with Crippen molar-refractivity contribution in [2.24, 2.45) is 0 Å². The predicted octanol–water partition coefficient (Wildman–Crippen LogP) is 2.71. The maximum atomic E-state index is 12.0. The number of carboxylic acid groups (broad SMARTS) is 1. The molecule has 1 heterocycles. The number of carboxylic acids is 1. The number of aromatic carboxylic acids is 1. The van der Waals surface area contributed by atoms with Gasteiger partial charge in [-0.05, 0) is 25.5 Å². The van der Waals surface area contributed by atoms with Crippen molar-refractivity contribution < 1.29 is 14.7 Å². The predicted molar refractivity (Wildman–Crippen MR) is 72.9 cm³/mol. The molecule has 0 aliphatic rings. The molecule has 0 spiro atoms. The number of amides is 1. The summed E-state index contributed by atoms with van der Waals surface area (Å²) < 4.78 is 0. The molecule has 1 aromatic heterocycles. The van der Waals surface area contributed by atoms with E-state index in [1.54, 1.807) is 31.4 Å². The maximum absolute atomic E-state index is 12.0. The lowest BCUT2D eigenvalue weighted by Crippen LogP contribution is -2.16. The summed E-state index contributed by atoms with van der Waals surface area (Å²) in [6.07, 6.45) is 0. The molecule has 2 rings (SSSR count). The zero-order valence-electron chi connectivity index (χ0n) is 10.4. The lowest BCUT2D eigenvalue weighted by Gasteiger charge is -2.10. The van der Waals surface area contributed by atoms with Gasteiger partial charge in [0.1, 0.15) is 5.69 Å². The number of hydrogen-bond acceptors (Lipinski definition) is 4. The first-order valence-electron chi connectivity index (χ1n) is 5.55. The summed E-state index contributed by atoms with van der Waals surface area (Å²) in [5.74, 6) is -1.48. The Hall–Kier alpha value is -2.21. The number of para-hydroxylation sites is 1. The number of hydrogen-bond donors (Lipinski definition) is 2. The lowest BCUT2D eigenvalue weighted by molar-refractivity contribution is 0.0698. The fourth-order valence-corrected chi connectivity index (χ4v) is 2.25. The van der Waals surface area contributed by atoms with Crippen LogP contribution in [0.15, 0.2) is 23.6 Å². The molecule has 0 radical (unpaired) electrons. The van der Waals surface area contributed by atoms with Crippen LogP contribution in [0.4, 0.5) is 5.69 Å². The van der Waals surface area contributed by atoms with Crippen molar-refractivity contribution in [2.45, 2.75) is 13.8 Å². The van der Waals surface area contributed by atoms with Crippen molar-refractivity contribution in [3.63, 3.8) is 0 Å². The average molecular weight is 276 g/mol. The van der Waals surface area contributed by atoms with Gasteiger partial charge in [0, 0.05) is 5.38 Å². The Morgan fingerprint density at radius 3 is 2.63 bits per heavy atom. The van der Waals surface area contributed by atoms with E-state index in [0.717, 1.165) is 5.01 Å². The van der Waals surface area contributed by atoms with Crippen LogP contribution in [0.2, 0.25) is 0 Å². The summed E-state index contributed by atoms with van der Waals surface area (Å²) in [5.41, 5.74) is 1.37. The zero-order chi connectivity index (χ0) is 14.0. The highest BCUT2D eigenvalue weighted by Gasteiger charge is 2.16. The normalized spacial score (nSPS) is 10.2. The van der Waals surface area contributed by atoms with Gasteiger partial charge in [0.2, 0.25) is 0 Å². The molecule has 0 aliphatic carbocycles. The zero-order valence-corrected chi connectivity index (χ0v) is 11.2.